The first-order valence-corrected chi connectivity index (χ1v) is 5.98. The third-order valence-electron chi connectivity index (χ3n) is 2.79. The van der Waals surface area contributed by atoms with Crippen LogP contribution in [-0.2, 0) is 11.3 Å². The molecule has 4 nitrogen and oxygen atoms in total. The maximum absolute atomic E-state index is 11.9. The molecular formula is C15H12N2O2. The largest absolute Gasteiger partial charge is 0.456 e. The van der Waals surface area contributed by atoms with Crippen LogP contribution in [0.2, 0.25) is 0 Å². The van der Waals surface area contributed by atoms with Crippen LogP contribution in [0, 0.1) is 0 Å². The number of hydrogen-bond donors (Lipinski definition) is 0. The second-order valence-electron chi connectivity index (χ2n) is 4.15. The molecule has 1 aromatic carbocycles. The molecule has 4 heteroatoms. The minimum Gasteiger partial charge on any atom is -0.456 e. The average Bonchev–Trinajstić information content (AvgIpc) is 2.90. The number of benzene rings is 1. The zero-order valence-electron chi connectivity index (χ0n) is 10.2. The van der Waals surface area contributed by atoms with Crippen LogP contribution < -0.4 is 0 Å². The molecule has 0 spiro atoms. The molecule has 0 radical (unpaired) electrons. The van der Waals surface area contributed by atoms with Crippen LogP contribution in [0.5, 0.6) is 0 Å². The second-order valence-corrected chi connectivity index (χ2v) is 4.15. The summed E-state index contributed by atoms with van der Waals surface area (Å²) in [4.78, 5) is 16.1. The lowest BCUT2D eigenvalue weighted by atomic mass is 10.2. The monoisotopic (exact) mass is 252 g/mol. The van der Waals surface area contributed by atoms with Crippen molar-refractivity contribution in [1.29, 1.82) is 0 Å². The van der Waals surface area contributed by atoms with Gasteiger partial charge in [0.15, 0.2) is 5.69 Å². The van der Waals surface area contributed by atoms with Crippen LogP contribution in [0.15, 0.2) is 60.9 Å². The number of ether oxygens (including phenoxy) is 1. The Hall–Kier alpha value is -2.62. The molecule has 3 aromatic rings. The summed E-state index contributed by atoms with van der Waals surface area (Å²) in [5.74, 6) is -0.410. The Kier molecular flexibility index (Phi) is 2.98. The van der Waals surface area contributed by atoms with Gasteiger partial charge in [-0.3, -0.25) is 0 Å². The summed E-state index contributed by atoms with van der Waals surface area (Å²) in [6, 6.07) is 15.2. The number of carbonyl (C=O) groups excluding carboxylic acids is 1. The Morgan fingerprint density at radius 1 is 1.11 bits per heavy atom. The molecule has 0 saturated heterocycles. The maximum Gasteiger partial charge on any atom is 0.358 e. The van der Waals surface area contributed by atoms with E-state index in [0.29, 0.717) is 5.69 Å². The van der Waals surface area contributed by atoms with E-state index in [4.69, 9.17) is 4.74 Å². The summed E-state index contributed by atoms with van der Waals surface area (Å²) in [6.07, 6.45) is 3.51. The van der Waals surface area contributed by atoms with E-state index in [9.17, 15) is 4.79 Å². The molecule has 0 N–H and O–H groups in total. The molecule has 3 rings (SSSR count). The molecule has 0 aliphatic heterocycles. The van der Waals surface area contributed by atoms with Gasteiger partial charge in [0.25, 0.3) is 0 Å². The average molecular weight is 252 g/mol. The van der Waals surface area contributed by atoms with Gasteiger partial charge in [0, 0.05) is 12.4 Å². The van der Waals surface area contributed by atoms with E-state index in [1.54, 1.807) is 10.6 Å². The van der Waals surface area contributed by atoms with Crippen LogP contribution in [-0.4, -0.2) is 15.4 Å². The smallest absolute Gasteiger partial charge is 0.358 e. The number of rotatable bonds is 3. The van der Waals surface area contributed by atoms with Crippen molar-refractivity contribution in [1.82, 2.24) is 9.38 Å². The molecule has 2 heterocycles. The number of carbonyl (C=O) groups is 1. The van der Waals surface area contributed by atoms with Gasteiger partial charge in [-0.15, -0.1) is 0 Å². The van der Waals surface area contributed by atoms with Crippen molar-refractivity contribution in [2.75, 3.05) is 0 Å². The highest BCUT2D eigenvalue weighted by Gasteiger charge is 2.11. The molecule has 2 aromatic heterocycles. The topological polar surface area (TPSA) is 43.6 Å². The third-order valence-corrected chi connectivity index (χ3v) is 2.79. The Balaban J connectivity index is 1.73. The van der Waals surface area contributed by atoms with Gasteiger partial charge in [0.1, 0.15) is 12.3 Å². The second kappa shape index (κ2) is 4.94. The molecule has 94 valence electrons. The van der Waals surface area contributed by atoms with Gasteiger partial charge in [0.2, 0.25) is 0 Å². The standard InChI is InChI=1S/C15H12N2O2/c18-15(19-11-12-6-2-1-3-7-12)13-10-17-9-5-4-8-14(17)16-13/h1-10H,11H2. The lowest BCUT2D eigenvalue weighted by Crippen LogP contribution is -2.05. The fraction of sp³-hybridized carbons (Fsp3) is 0.0667. The number of pyridine rings is 1. The summed E-state index contributed by atoms with van der Waals surface area (Å²) in [5.41, 5.74) is 2.01. The van der Waals surface area contributed by atoms with E-state index in [1.165, 1.54) is 0 Å². The quantitative estimate of drug-likeness (QED) is 0.673. The Morgan fingerprint density at radius 2 is 1.89 bits per heavy atom. The summed E-state index contributed by atoms with van der Waals surface area (Å²) < 4.78 is 7.02. The van der Waals surface area contributed by atoms with Gasteiger partial charge in [-0.25, -0.2) is 9.78 Å². The van der Waals surface area contributed by atoms with Crippen molar-refractivity contribution < 1.29 is 9.53 Å². The highest BCUT2D eigenvalue weighted by molar-refractivity contribution is 5.87. The van der Waals surface area contributed by atoms with E-state index in [1.807, 2.05) is 54.7 Å². The van der Waals surface area contributed by atoms with Crippen LogP contribution in [0.3, 0.4) is 0 Å². The first-order valence-electron chi connectivity index (χ1n) is 5.98. The number of fused-ring (bicyclic) bond motifs is 1. The van der Waals surface area contributed by atoms with Crippen LogP contribution >= 0.6 is 0 Å². The Morgan fingerprint density at radius 3 is 2.68 bits per heavy atom. The van der Waals surface area contributed by atoms with E-state index in [2.05, 4.69) is 4.98 Å². The number of aromatic nitrogens is 2. The highest BCUT2D eigenvalue weighted by atomic mass is 16.5. The highest BCUT2D eigenvalue weighted by Crippen LogP contribution is 2.08. The van der Waals surface area contributed by atoms with Crippen molar-refractivity contribution in [3.8, 4) is 0 Å². The first kappa shape index (κ1) is 11.5. The van der Waals surface area contributed by atoms with Crippen LogP contribution in [0.4, 0.5) is 0 Å². The normalized spacial score (nSPS) is 10.5. The van der Waals surface area contributed by atoms with Crippen LogP contribution in [0.1, 0.15) is 16.1 Å². The number of hydrogen-bond acceptors (Lipinski definition) is 3. The molecular weight excluding hydrogens is 240 g/mol. The van der Waals surface area contributed by atoms with Crippen molar-refractivity contribution in [3.05, 3.63) is 72.2 Å². The lowest BCUT2D eigenvalue weighted by Gasteiger charge is -2.02. The predicted octanol–water partition coefficient (Wildman–Crippen LogP) is 2.69. The first-order chi connectivity index (χ1) is 9.33. The lowest BCUT2D eigenvalue weighted by molar-refractivity contribution is 0.0466. The molecule has 0 aliphatic carbocycles. The molecule has 0 atom stereocenters. The number of nitrogens with zero attached hydrogens (tertiary/aromatic N) is 2. The van der Waals surface area contributed by atoms with Gasteiger partial charge in [0.05, 0.1) is 0 Å². The van der Waals surface area contributed by atoms with E-state index >= 15 is 0 Å². The zero-order chi connectivity index (χ0) is 13.1. The van der Waals surface area contributed by atoms with Gasteiger partial charge >= 0.3 is 5.97 Å². The number of imidazole rings is 1. The van der Waals surface area contributed by atoms with Gasteiger partial charge in [-0.1, -0.05) is 36.4 Å². The Labute approximate surface area is 110 Å². The molecule has 0 bridgehead atoms. The van der Waals surface area contributed by atoms with Gasteiger partial charge < -0.3 is 9.14 Å². The molecule has 19 heavy (non-hydrogen) atoms. The summed E-state index contributed by atoms with van der Waals surface area (Å²) >= 11 is 0. The van der Waals surface area contributed by atoms with Gasteiger partial charge in [-0.05, 0) is 17.7 Å². The Bertz CT molecular complexity index is 671. The fourth-order valence-corrected chi connectivity index (χ4v) is 1.83. The van der Waals surface area contributed by atoms with Crippen molar-refractivity contribution in [3.63, 3.8) is 0 Å². The molecule has 0 aliphatic rings. The summed E-state index contributed by atoms with van der Waals surface area (Å²) in [5, 5.41) is 0. The zero-order valence-corrected chi connectivity index (χ0v) is 10.2. The molecule has 0 saturated carbocycles. The SMILES string of the molecule is O=C(OCc1ccccc1)c1cn2ccccc2n1. The van der Waals surface area contributed by atoms with Crippen molar-refractivity contribution in [2.45, 2.75) is 6.61 Å². The fourth-order valence-electron chi connectivity index (χ4n) is 1.83. The summed E-state index contributed by atoms with van der Waals surface area (Å²) in [6.45, 7) is 0.257. The van der Waals surface area contributed by atoms with Gasteiger partial charge in [-0.2, -0.15) is 0 Å². The third kappa shape index (κ3) is 2.47. The van der Waals surface area contributed by atoms with E-state index < -0.39 is 5.97 Å². The minimum absolute atomic E-state index is 0.257. The molecule has 0 fully saturated rings. The molecule has 0 amide bonds. The van der Waals surface area contributed by atoms with E-state index in [0.717, 1.165) is 11.2 Å². The summed E-state index contributed by atoms with van der Waals surface area (Å²) in [7, 11) is 0. The van der Waals surface area contributed by atoms with Crippen molar-refractivity contribution >= 4 is 11.6 Å². The minimum atomic E-state index is -0.410. The molecule has 0 unspecified atom stereocenters. The van der Waals surface area contributed by atoms with E-state index in [-0.39, 0.29) is 6.61 Å². The maximum atomic E-state index is 11.9. The predicted molar refractivity (Wildman–Crippen MR) is 70.8 cm³/mol. The van der Waals surface area contributed by atoms with Crippen molar-refractivity contribution in [2.24, 2.45) is 0 Å². The number of esters is 1. The van der Waals surface area contributed by atoms with Crippen LogP contribution in [0.25, 0.3) is 5.65 Å².